The Kier molecular flexibility index (Phi) is 7.43. The fourth-order valence-electron chi connectivity index (χ4n) is 2.53. The van der Waals surface area contributed by atoms with Crippen molar-refractivity contribution >= 4 is 11.9 Å². The fraction of sp³-hybridized carbons (Fsp3) is 0.300. The summed E-state index contributed by atoms with van der Waals surface area (Å²) < 4.78 is 37.2. The van der Waals surface area contributed by atoms with Crippen LogP contribution in [-0.4, -0.2) is 50.7 Å². The molecule has 0 heterocycles. The lowest BCUT2D eigenvalue weighted by atomic mass is 10.0. The van der Waals surface area contributed by atoms with Gasteiger partial charge in [0.05, 0.1) is 25.7 Å². The summed E-state index contributed by atoms with van der Waals surface area (Å²) >= 11 is 0. The van der Waals surface area contributed by atoms with E-state index in [4.69, 9.17) is 4.74 Å². The predicted molar refractivity (Wildman–Crippen MR) is 96.2 cm³/mol. The van der Waals surface area contributed by atoms with Gasteiger partial charge in [-0.25, -0.2) is 8.78 Å². The van der Waals surface area contributed by atoms with Crippen LogP contribution < -0.4 is 0 Å². The Morgan fingerprint density at radius 3 is 2.22 bits per heavy atom. The highest BCUT2D eigenvalue weighted by molar-refractivity contribution is 5.95. The summed E-state index contributed by atoms with van der Waals surface area (Å²) in [6.07, 6.45) is 0.00123. The zero-order chi connectivity index (χ0) is 19.8. The Hall–Kier alpha value is -2.80. The van der Waals surface area contributed by atoms with Gasteiger partial charge in [0, 0.05) is 20.2 Å². The zero-order valence-corrected chi connectivity index (χ0v) is 15.2. The number of hydrogen-bond acceptors (Lipinski definition) is 4. The standard InChI is InChI=1S/C20H21F2NO4/c1-26-12-11-23(10-9-19(24)27-2)20(25)17-8-5-15(13-18(17)22)14-3-6-16(21)7-4-14/h3-8,13H,9-12H2,1-2H3. The number of carbonyl (C=O) groups is 2. The largest absolute Gasteiger partial charge is 0.469 e. The molecule has 0 aliphatic carbocycles. The van der Waals surface area contributed by atoms with Crippen LogP contribution in [0.3, 0.4) is 0 Å². The highest BCUT2D eigenvalue weighted by atomic mass is 19.1. The maximum Gasteiger partial charge on any atom is 0.307 e. The van der Waals surface area contributed by atoms with Gasteiger partial charge in [0.25, 0.3) is 5.91 Å². The second kappa shape index (κ2) is 9.78. The summed E-state index contributed by atoms with van der Waals surface area (Å²) in [6.45, 7) is 0.557. The molecule has 0 atom stereocenters. The van der Waals surface area contributed by atoms with Crippen LogP contribution in [0.2, 0.25) is 0 Å². The third-order valence-electron chi connectivity index (χ3n) is 4.04. The quantitative estimate of drug-likeness (QED) is 0.663. The summed E-state index contributed by atoms with van der Waals surface area (Å²) in [5.41, 5.74) is 1.06. The number of rotatable bonds is 8. The molecule has 0 saturated heterocycles. The molecule has 144 valence electrons. The van der Waals surface area contributed by atoms with Crippen LogP contribution in [0, 0.1) is 11.6 Å². The van der Waals surface area contributed by atoms with E-state index in [1.54, 1.807) is 6.07 Å². The number of methoxy groups -OCH3 is 2. The summed E-state index contributed by atoms with van der Waals surface area (Å²) in [4.78, 5) is 25.4. The number of halogens is 2. The number of benzene rings is 2. The van der Waals surface area contributed by atoms with Crippen molar-refractivity contribution in [2.75, 3.05) is 33.9 Å². The molecule has 0 radical (unpaired) electrons. The van der Waals surface area contributed by atoms with E-state index in [9.17, 15) is 18.4 Å². The van der Waals surface area contributed by atoms with Crippen LogP contribution in [0.25, 0.3) is 11.1 Å². The first kappa shape index (κ1) is 20.5. The zero-order valence-electron chi connectivity index (χ0n) is 15.2. The molecule has 0 unspecified atom stereocenters. The molecule has 0 spiro atoms. The molecule has 0 aliphatic heterocycles. The van der Waals surface area contributed by atoms with E-state index >= 15 is 0 Å². The van der Waals surface area contributed by atoms with Gasteiger partial charge in [-0.1, -0.05) is 18.2 Å². The van der Waals surface area contributed by atoms with Crippen molar-refractivity contribution in [3.63, 3.8) is 0 Å². The van der Waals surface area contributed by atoms with Crippen molar-refractivity contribution in [1.82, 2.24) is 4.90 Å². The van der Waals surface area contributed by atoms with E-state index in [0.29, 0.717) is 11.1 Å². The number of carbonyl (C=O) groups excluding carboxylic acids is 2. The first-order valence-corrected chi connectivity index (χ1v) is 8.36. The Bertz CT molecular complexity index is 793. The maximum atomic E-state index is 14.6. The first-order valence-electron chi connectivity index (χ1n) is 8.36. The fourth-order valence-corrected chi connectivity index (χ4v) is 2.53. The third-order valence-corrected chi connectivity index (χ3v) is 4.04. The second-order valence-electron chi connectivity index (χ2n) is 5.81. The van der Waals surface area contributed by atoms with Crippen molar-refractivity contribution < 1.29 is 27.8 Å². The van der Waals surface area contributed by atoms with Crippen LogP contribution in [-0.2, 0) is 14.3 Å². The first-order chi connectivity index (χ1) is 13.0. The van der Waals surface area contributed by atoms with Gasteiger partial charge in [-0.05, 0) is 35.4 Å². The van der Waals surface area contributed by atoms with Gasteiger partial charge in [-0.3, -0.25) is 9.59 Å². The molecule has 7 heteroatoms. The normalized spacial score (nSPS) is 10.5. The van der Waals surface area contributed by atoms with Crippen LogP contribution in [0.15, 0.2) is 42.5 Å². The average molecular weight is 377 g/mol. The Morgan fingerprint density at radius 2 is 1.63 bits per heavy atom. The number of amides is 1. The molecule has 0 fully saturated rings. The van der Waals surface area contributed by atoms with Crippen molar-refractivity contribution in [3.8, 4) is 11.1 Å². The molecule has 0 saturated carbocycles. The summed E-state index contributed by atoms with van der Waals surface area (Å²) in [7, 11) is 2.75. The molecule has 0 aliphatic rings. The van der Waals surface area contributed by atoms with Gasteiger partial charge in [-0.2, -0.15) is 0 Å². The van der Waals surface area contributed by atoms with Crippen molar-refractivity contribution in [2.45, 2.75) is 6.42 Å². The van der Waals surface area contributed by atoms with Gasteiger partial charge in [0.1, 0.15) is 11.6 Å². The molecule has 27 heavy (non-hydrogen) atoms. The smallest absolute Gasteiger partial charge is 0.307 e. The van der Waals surface area contributed by atoms with E-state index in [1.165, 1.54) is 55.5 Å². The lowest BCUT2D eigenvalue weighted by molar-refractivity contribution is -0.140. The van der Waals surface area contributed by atoms with E-state index in [1.807, 2.05) is 0 Å². The molecule has 0 aromatic heterocycles. The molecule has 2 rings (SSSR count). The summed E-state index contributed by atoms with van der Waals surface area (Å²) in [5.74, 6) is -2.08. The number of hydrogen-bond donors (Lipinski definition) is 0. The topological polar surface area (TPSA) is 55.8 Å². The molecule has 0 N–H and O–H groups in total. The Labute approximate surface area is 156 Å². The van der Waals surface area contributed by atoms with E-state index < -0.39 is 17.7 Å². The summed E-state index contributed by atoms with van der Waals surface area (Å²) in [5, 5.41) is 0. The molecule has 5 nitrogen and oxygen atoms in total. The molecular formula is C20H21F2NO4. The lowest BCUT2D eigenvalue weighted by Crippen LogP contribution is -2.36. The van der Waals surface area contributed by atoms with Crippen LogP contribution >= 0.6 is 0 Å². The minimum atomic E-state index is -0.692. The average Bonchev–Trinajstić information content (AvgIpc) is 2.67. The molecule has 1 amide bonds. The number of ether oxygens (including phenoxy) is 2. The van der Waals surface area contributed by atoms with Gasteiger partial charge < -0.3 is 14.4 Å². The maximum absolute atomic E-state index is 14.6. The van der Waals surface area contributed by atoms with Gasteiger partial charge >= 0.3 is 5.97 Å². The minimum absolute atomic E-state index is 0.00123. The highest BCUT2D eigenvalue weighted by Gasteiger charge is 2.20. The summed E-state index contributed by atoms with van der Waals surface area (Å²) in [6, 6.07) is 9.85. The monoisotopic (exact) mass is 377 g/mol. The number of nitrogens with zero attached hydrogens (tertiary/aromatic N) is 1. The van der Waals surface area contributed by atoms with Gasteiger partial charge in [0.2, 0.25) is 0 Å². The van der Waals surface area contributed by atoms with Crippen LogP contribution in [0.5, 0.6) is 0 Å². The van der Waals surface area contributed by atoms with Crippen molar-refractivity contribution in [3.05, 3.63) is 59.7 Å². The van der Waals surface area contributed by atoms with E-state index in [-0.39, 0.29) is 37.5 Å². The van der Waals surface area contributed by atoms with E-state index in [0.717, 1.165) is 0 Å². The Morgan fingerprint density at radius 1 is 0.963 bits per heavy atom. The molecule has 0 bridgehead atoms. The minimum Gasteiger partial charge on any atom is -0.469 e. The Balaban J connectivity index is 2.21. The lowest BCUT2D eigenvalue weighted by Gasteiger charge is -2.22. The molecular weight excluding hydrogens is 356 g/mol. The predicted octanol–water partition coefficient (Wildman–Crippen LogP) is 3.28. The molecule has 2 aromatic carbocycles. The second-order valence-corrected chi connectivity index (χ2v) is 5.81. The van der Waals surface area contributed by atoms with Crippen molar-refractivity contribution in [1.29, 1.82) is 0 Å². The van der Waals surface area contributed by atoms with Gasteiger partial charge in [-0.15, -0.1) is 0 Å². The molecule has 2 aromatic rings. The van der Waals surface area contributed by atoms with Crippen molar-refractivity contribution in [2.24, 2.45) is 0 Å². The van der Waals surface area contributed by atoms with Crippen LogP contribution in [0.1, 0.15) is 16.8 Å². The highest BCUT2D eigenvalue weighted by Crippen LogP contribution is 2.23. The van der Waals surface area contributed by atoms with Crippen LogP contribution in [0.4, 0.5) is 8.78 Å². The van der Waals surface area contributed by atoms with Gasteiger partial charge in [0.15, 0.2) is 0 Å². The third kappa shape index (κ3) is 5.59. The van der Waals surface area contributed by atoms with E-state index in [2.05, 4.69) is 4.74 Å². The number of esters is 1. The SMILES string of the molecule is COCCN(CCC(=O)OC)C(=O)c1ccc(-c2ccc(F)cc2)cc1F.